The standard InChI is InChI=1S/C23H24N2O3S/c26-23(16-19-10-6-9-18-8-2-3-13-22(18)19)24-20-11-7-12-21(17-20)29(27,28)25-14-4-1-5-15-25/h2-3,6-13,17H,1,4-5,14-16H2,(H,24,26). The van der Waals surface area contributed by atoms with E-state index in [1.807, 2.05) is 42.5 Å². The average molecular weight is 409 g/mol. The second kappa shape index (κ2) is 8.35. The van der Waals surface area contributed by atoms with Gasteiger partial charge in [-0.2, -0.15) is 4.31 Å². The van der Waals surface area contributed by atoms with Gasteiger partial charge in [0.15, 0.2) is 0 Å². The van der Waals surface area contributed by atoms with Gasteiger partial charge in [-0.15, -0.1) is 0 Å². The number of fused-ring (bicyclic) bond motifs is 1. The molecule has 3 aromatic carbocycles. The monoisotopic (exact) mass is 408 g/mol. The van der Waals surface area contributed by atoms with Crippen molar-refractivity contribution in [1.82, 2.24) is 4.31 Å². The van der Waals surface area contributed by atoms with E-state index in [-0.39, 0.29) is 17.2 Å². The molecule has 0 spiro atoms. The summed E-state index contributed by atoms with van der Waals surface area (Å²) in [6, 6.07) is 20.4. The van der Waals surface area contributed by atoms with Crippen LogP contribution in [-0.4, -0.2) is 31.7 Å². The number of benzene rings is 3. The van der Waals surface area contributed by atoms with Gasteiger partial charge in [0.2, 0.25) is 15.9 Å². The van der Waals surface area contributed by atoms with Crippen molar-refractivity contribution < 1.29 is 13.2 Å². The van der Waals surface area contributed by atoms with Crippen LogP contribution in [0.3, 0.4) is 0 Å². The van der Waals surface area contributed by atoms with Crippen LogP contribution in [-0.2, 0) is 21.2 Å². The summed E-state index contributed by atoms with van der Waals surface area (Å²) in [5, 5.41) is 4.99. The highest BCUT2D eigenvalue weighted by molar-refractivity contribution is 7.89. The first-order chi connectivity index (χ1) is 14.0. The number of anilines is 1. The summed E-state index contributed by atoms with van der Waals surface area (Å²) in [5.41, 5.74) is 1.44. The molecular weight excluding hydrogens is 384 g/mol. The lowest BCUT2D eigenvalue weighted by molar-refractivity contribution is -0.115. The summed E-state index contributed by atoms with van der Waals surface area (Å²) in [5.74, 6) is -0.172. The maximum absolute atomic E-state index is 12.9. The van der Waals surface area contributed by atoms with Crippen LogP contribution in [0.5, 0.6) is 0 Å². The Hall–Kier alpha value is -2.70. The zero-order valence-electron chi connectivity index (χ0n) is 16.2. The molecule has 0 unspecified atom stereocenters. The first-order valence-electron chi connectivity index (χ1n) is 9.91. The third kappa shape index (κ3) is 4.33. The van der Waals surface area contributed by atoms with Gasteiger partial charge in [0.05, 0.1) is 11.3 Å². The second-order valence-corrected chi connectivity index (χ2v) is 9.29. The summed E-state index contributed by atoms with van der Waals surface area (Å²) in [7, 11) is -3.53. The molecule has 1 N–H and O–H groups in total. The maximum atomic E-state index is 12.9. The van der Waals surface area contributed by atoms with Crippen LogP contribution in [0.15, 0.2) is 71.6 Å². The Kier molecular flexibility index (Phi) is 5.65. The van der Waals surface area contributed by atoms with Crippen molar-refractivity contribution in [2.75, 3.05) is 18.4 Å². The number of hydrogen-bond donors (Lipinski definition) is 1. The zero-order valence-corrected chi connectivity index (χ0v) is 17.0. The predicted molar refractivity (Wildman–Crippen MR) is 115 cm³/mol. The molecule has 0 aromatic heterocycles. The van der Waals surface area contributed by atoms with Crippen molar-refractivity contribution >= 4 is 32.4 Å². The van der Waals surface area contributed by atoms with Crippen LogP contribution in [0.2, 0.25) is 0 Å². The molecule has 0 bridgehead atoms. The Morgan fingerprint density at radius 3 is 2.45 bits per heavy atom. The fourth-order valence-electron chi connectivity index (χ4n) is 3.81. The van der Waals surface area contributed by atoms with Crippen molar-refractivity contribution in [2.45, 2.75) is 30.6 Å². The molecule has 1 amide bonds. The van der Waals surface area contributed by atoms with Crippen LogP contribution in [0.25, 0.3) is 10.8 Å². The average Bonchev–Trinajstić information content (AvgIpc) is 2.75. The van der Waals surface area contributed by atoms with E-state index >= 15 is 0 Å². The smallest absolute Gasteiger partial charge is 0.243 e. The fourth-order valence-corrected chi connectivity index (χ4v) is 5.38. The van der Waals surface area contributed by atoms with Crippen molar-refractivity contribution in [3.05, 3.63) is 72.3 Å². The molecule has 0 saturated carbocycles. The topological polar surface area (TPSA) is 66.5 Å². The summed E-state index contributed by atoms with van der Waals surface area (Å²) in [4.78, 5) is 12.8. The van der Waals surface area contributed by atoms with Crippen LogP contribution in [0, 0.1) is 0 Å². The molecule has 29 heavy (non-hydrogen) atoms. The highest BCUT2D eigenvalue weighted by atomic mass is 32.2. The van der Waals surface area contributed by atoms with Crippen molar-refractivity contribution in [2.24, 2.45) is 0 Å². The molecule has 0 radical (unpaired) electrons. The minimum absolute atomic E-state index is 0.172. The Balaban J connectivity index is 1.51. The van der Waals surface area contributed by atoms with E-state index in [0.29, 0.717) is 18.8 Å². The molecule has 0 aliphatic carbocycles. The summed E-state index contributed by atoms with van der Waals surface area (Å²) in [6.45, 7) is 1.11. The van der Waals surface area contributed by atoms with Gasteiger partial charge in [0.25, 0.3) is 0 Å². The highest BCUT2D eigenvalue weighted by Crippen LogP contribution is 2.23. The first kappa shape index (κ1) is 19.6. The lowest BCUT2D eigenvalue weighted by Crippen LogP contribution is -2.35. The van der Waals surface area contributed by atoms with Gasteiger partial charge in [-0.05, 0) is 47.4 Å². The molecule has 5 nitrogen and oxygen atoms in total. The quantitative estimate of drug-likeness (QED) is 0.688. The van der Waals surface area contributed by atoms with E-state index in [0.717, 1.165) is 35.6 Å². The van der Waals surface area contributed by atoms with Gasteiger partial charge in [-0.25, -0.2) is 8.42 Å². The molecule has 1 saturated heterocycles. The van der Waals surface area contributed by atoms with Crippen molar-refractivity contribution in [3.8, 4) is 0 Å². The SMILES string of the molecule is O=C(Cc1cccc2ccccc12)Nc1cccc(S(=O)(=O)N2CCCCC2)c1. The van der Waals surface area contributed by atoms with Crippen LogP contribution in [0.4, 0.5) is 5.69 Å². The third-order valence-electron chi connectivity index (χ3n) is 5.30. The normalized spacial score (nSPS) is 15.3. The van der Waals surface area contributed by atoms with Gasteiger partial charge in [0.1, 0.15) is 0 Å². The predicted octanol–water partition coefficient (Wildman–Crippen LogP) is 4.20. The van der Waals surface area contributed by atoms with Crippen LogP contribution in [0.1, 0.15) is 24.8 Å². The highest BCUT2D eigenvalue weighted by Gasteiger charge is 2.26. The summed E-state index contributed by atoms with van der Waals surface area (Å²) < 4.78 is 27.3. The first-order valence-corrected chi connectivity index (χ1v) is 11.3. The third-order valence-corrected chi connectivity index (χ3v) is 7.20. The zero-order chi connectivity index (χ0) is 20.3. The minimum Gasteiger partial charge on any atom is -0.326 e. The second-order valence-electron chi connectivity index (χ2n) is 7.36. The number of piperidine rings is 1. The van der Waals surface area contributed by atoms with Crippen molar-refractivity contribution in [3.63, 3.8) is 0 Å². The molecular formula is C23H24N2O3S. The van der Waals surface area contributed by atoms with Gasteiger partial charge < -0.3 is 5.32 Å². The molecule has 4 rings (SSSR count). The van der Waals surface area contributed by atoms with Gasteiger partial charge >= 0.3 is 0 Å². The Morgan fingerprint density at radius 1 is 0.897 bits per heavy atom. The summed E-state index contributed by atoms with van der Waals surface area (Å²) >= 11 is 0. The molecule has 1 aliphatic rings. The molecule has 150 valence electrons. The summed E-state index contributed by atoms with van der Waals surface area (Å²) in [6.07, 6.45) is 3.07. The van der Waals surface area contributed by atoms with E-state index in [1.54, 1.807) is 24.3 Å². The lowest BCUT2D eigenvalue weighted by Gasteiger charge is -2.26. The Labute approximate surface area is 171 Å². The van der Waals surface area contributed by atoms with Crippen molar-refractivity contribution in [1.29, 1.82) is 0 Å². The number of nitrogens with zero attached hydrogens (tertiary/aromatic N) is 1. The van der Waals surface area contributed by atoms with E-state index in [1.165, 1.54) is 4.31 Å². The largest absolute Gasteiger partial charge is 0.326 e. The minimum atomic E-state index is -3.53. The van der Waals surface area contributed by atoms with E-state index in [4.69, 9.17) is 0 Å². The number of amides is 1. The van der Waals surface area contributed by atoms with Crippen LogP contribution >= 0.6 is 0 Å². The molecule has 1 aliphatic heterocycles. The molecule has 0 atom stereocenters. The number of rotatable bonds is 5. The number of carbonyl (C=O) groups is 1. The van der Waals surface area contributed by atoms with Gasteiger partial charge in [-0.3, -0.25) is 4.79 Å². The molecule has 1 heterocycles. The fraction of sp³-hybridized carbons (Fsp3) is 0.261. The number of carbonyl (C=O) groups excluding carboxylic acids is 1. The van der Waals surface area contributed by atoms with E-state index in [2.05, 4.69) is 5.32 Å². The maximum Gasteiger partial charge on any atom is 0.243 e. The van der Waals surface area contributed by atoms with Crippen LogP contribution < -0.4 is 5.32 Å². The number of nitrogens with one attached hydrogen (secondary N) is 1. The Morgan fingerprint density at radius 2 is 1.62 bits per heavy atom. The molecule has 1 fully saturated rings. The van der Waals surface area contributed by atoms with E-state index in [9.17, 15) is 13.2 Å². The number of sulfonamides is 1. The van der Waals surface area contributed by atoms with Gasteiger partial charge in [-0.1, -0.05) is 55.0 Å². The number of hydrogen-bond acceptors (Lipinski definition) is 3. The molecule has 3 aromatic rings. The van der Waals surface area contributed by atoms with E-state index < -0.39 is 10.0 Å². The molecule has 6 heteroatoms. The Bertz CT molecular complexity index is 1130. The van der Waals surface area contributed by atoms with Gasteiger partial charge in [0, 0.05) is 18.8 Å². The lowest BCUT2D eigenvalue weighted by atomic mass is 10.0.